The second-order valence-electron chi connectivity index (χ2n) is 4.66. The first-order valence-electron chi connectivity index (χ1n) is 6.71. The van der Waals surface area contributed by atoms with Crippen LogP contribution in [0.15, 0.2) is 29.0 Å². The van der Waals surface area contributed by atoms with E-state index in [1.54, 1.807) is 22.5 Å². The van der Waals surface area contributed by atoms with Crippen LogP contribution < -0.4 is 5.23 Å². The molecule has 3 heterocycles. The molecule has 0 spiro atoms. The quantitative estimate of drug-likeness (QED) is 0.271. The van der Waals surface area contributed by atoms with Crippen LogP contribution in [-0.4, -0.2) is 40.9 Å². The molecule has 1 unspecified atom stereocenters. The molecule has 3 rings (SSSR count). The topological polar surface area (TPSA) is 118 Å². The van der Waals surface area contributed by atoms with Crippen LogP contribution in [0, 0.1) is 17.6 Å². The Morgan fingerprint density at radius 1 is 1.38 bits per heavy atom. The first kappa shape index (κ1) is 16.4. The van der Waals surface area contributed by atoms with Crippen molar-refractivity contribution in [2.24, 2.45) is 7.05 Å². The van der Waals surface area contributed by atoms with Gasteiger partial charge in [0, 0.05) is 7.05 Å². The Morgan fingerprint density at radius 3 is 2.96 bits per heavy atom. The largest absolute Gasteiger partial charge is 0.594 e. The number of aromatic nitrogens is 6. The van der Waals surface area contributed by atoms with Gasteiger partial charge in [-0.25, -0.2) is 20.2 Å². The Kier molecular flexibility index (Phi) is 4.74. The highest BCUT2D eigenvalue weighted by Gasteiger charge is 2.20. The van der Waals surface area contributed by atoms with Gasteiger partial charge in [-0.3, -0.25) is 4.57 Å². The number of hydrogen-bond acceptors (Lipinski definition) is 8. The molecule has 0 radical (unpaired) electrons. The van der Waals surface area contributed by atoms with E-state index in [-0.39, 0.29) is 19.2 Å². The number of hydrogen-bond donors (Lipinski definition) is 2. The number of terminal acetylenes is 1. The molecule has 24 heavy (non-hydrogen) atoms. The molecule has 0 bridgehead atoms. The molecule has 0 aliphatic rings. The van der Waals surface area contributed by atoms with E-state index in [1.807, 2.05) is 0 Å². The number of fused-ring (bicyclic) bond motifs is 1. The van der Waals surface area contributed by atoms with Crippen molar-refractivity contribution in [2.45, 2.75) is 16.8 Å². The predicted molar refractivity (Wildman–Crippen MR) is 83.2 cm³/mol. The highest BCUT2D eigenvalue weighted by atomic mass is 32.2. The molecule has 3 aromatic heterocycles. The van der Waals surface area contributed by atoms with E-state index in [2.05, 4.69) is 25.9 Å². The van der Waals surface area contributed by atoms with Gasteiger partial charge in [0.25, 0.3) is 5.82 Å². The summed E-state index contributed by atoms with van der Waals surface area (Å²) < 4.78 is 8.59. The minimum atomic E-state index is -1.10. The van der Waals surface area contributed by atoms with Crippen molar-refractivity contribution in [2.75, 3.05) is 6.61 Å². The summed E-state index contributed by atoms with van der Waals surface area (Å²) in [4.78, 5) is 16.6. The zero-order chi connectivity index (χ0) is 17.1. The lowest BCUT2D eigenvalue weighted by Gasteiger charge is -2.10. The minimum absolute atomic E-state index is 0.0361. The molecule has 0 saturated heterocycles. The molecule has 2 N–H and O–H groups in total. The van der Waals surface area contributed by atoms with Crippen molar-refractivity contribution in [3.8, 4) is 12.3 Å². The lowest BCUT2D eigenvalue weighted by Crippen LogP contribution is -2.99. The molecule has 0 amide bonds. The predicted octanol–water partition coefficient (Wildman–Crippen LogP) is -0.278. The molecule has 0 aliphatic heterocycles. The van der Waals surface area contributed by atoms with Gasteiger partial charge >= 0.3 is 0 Å². The van der Waals surface area contributed by atoms with E-state index < -0.39 is 5.23 Å². The fourth-order valence-corrected chi connectivity index (χ4v) is 2.96. The Labute approximate surface area is 140 Å². The van der Waals surface area contributed by atoms with Gasteiger partial charge in [-0.2, -0.15) is 10.2 Å². The second kappa shape index (κ2) is 6.95. The van der Waals surface area contributed by atoms with Crippen LogP contribution in [0.3, 0.4) is 0 Å². The molecule has 0 fully saturated rings. The highest BCUT2D eigenvalue weighted by molar-refractivity contribution is 7.99. The number of imidazole rings is 2. The summed E-state index contributed by atoms with van der Waals surface area (Å²) in [5, 5.41) is 20.4. The average Bonchev–Trinajstić information content (AvgIpc) is 3.13. The van der Waals surface area contributed by atoms with Crippen LogP contribution in [0.1, 0.15) is 0 Å². The van der Waals surface area contributed by atoms with Crippen LogP contribution in [0.25, 0.3) is 11.2 Å². The van der Waals surface area contributed by atoms with Crippen LogP contribution >= 0.6 is 11.8 Å². The van der Waals surface area contributed by atoms with Crippen molar-refractivity contribution in [3.63, 3.8) is 0 Å². The van der Waals surface area contributed by atoms with Crippen molar-refractivity contribution in [1.82, 2.24) is 29.1 Å². The highest BCUT2D eigenvalue weighted by Crippen LogP contribution is 2.32. The standard InChI is InChI=1S/C13H13N7O3S/c1-3-4-23-8-19-7-16-9-10(19)14-5-15-12(9)24-13-11(20(21)22)17-6-18(13)2/h1,5-7,20-21H,4,8H2,2H3. The molecule has 124 valence electrons. The Hall–Kier alpha value is -2.49. The van der Waals surface area contributed by atoms with Crippen molar-refractivity contribution in [3.05, 3.63) is 24.2 Å². The summed E-state index contributed by atoms with van der Waals surface area (Å²) in [7, 11) is 1.71. The second-order valence-corrected chi connectivity index (χ2v) is 5.64. The monoisotopic (exact) mass is 347 g/mol. The van der Waals surface area contributed by atoms with E-state index in [0.717, 1.165) is 0 Å². The van der Waals surface area contributed by atoms with Crippen molar-refractivity contribution in [1.29, 1.82) is 0 Å². The maximum atomic E-state index is 11.3. The van der Waals surface area contributed by atoms with Crippen molar-refractivity contribution < 1.29 is 15.2 Å². The fraction of sp³-hybridized carbons (Fsp3) is 0.231. The third-order valence-electron chi connectivity index (χ3n) is 3.06. The lowest BCUT2D eigenvalue weighted by molar-refractivity contribution is -0.994. The number of rotatable bonds is 6. The summed E-state index contributed by atoms with van der Waals surface area (Å²) in [5.74, 6) is 2.35. The third kappa shape index (κ3) is 3.09. The normalized spacial score (nSPS) is 12.4. The minimum Gasteiger partial charge on any atom is -0.594 e. The average molecular weight is 347 g/mol. The Morgan fingerprint density at radius 2 is 2.21 bits per heavy atom. The van der Waals surface area contributed by atoms with Crippen molar-refractivity contribution >= 4 is 28.7 Å². The van der Waals surface area contributed by atoms with Gasteiger partial charge < -0.3 is 14.5 Å². The fourth-order valence-electron chi connectivity index (χ4n) is 2.01. The van der Waals surface area contributed by atoms with Gasteiger partial charge in [0.2, 0.25) is 0 Å². The van der Waals surface area contributed by atoms with Gasteiger partial charge in [-0.15, -0.1) is 6.42 Å². The van der Waals surface area contributed by atoms with Gasteiger partial charge in [-0.1, -0.05) is 5.92 Å². The van der Waals surface area contributed by atoms with Crippen LogP contribution in [0.2, 0.25) is 0 Å². The van der Waals surface area contributed by atoms with E-state index in [0.29, 0.717) is 21.2 Å². The van der Waals surface area contributed by atoms with E-state index in [1.165, 1.54) is 24.4 Å². The molecule has 0 aromatic carbocycles. The first-order valence-corrected chi connectivity index (χ1v) is 7.53. The number of nitrogens with one attached hydrogen (secondary N) is 1. The zero-order valence-corrected chi connectivity index (χ0v) is 13.4. The van der Waals surface area contributed by atoms with E-state index >= 15 is 0 Å². The van der Waals surface area contributed by atoms with Gasteiger partial charge in [0.05, 0.1) is 6.33 Å². The Bertz CT molecular complexity index is 899. The van der Waals surface area contributed by atoms with E-state index in [4.69, 9.17) is 11.2 Å². The molecule has 0 aliphatic carbocycles. The summed E-state index contributed by atoms with van der Waals surface area (Å²) >= 11 is 1.17. The van der Waals surface area contributed by atoms with Gasteiger partial charge in [0.1, 0.15) is 36.5 Å². The molecule has 0 saturated carbocycles. The summed E-state index contributed by atoms with van der Waals surface area (Å²) in [6, 6.07) is 0. The lowest BCUT2D eigenvalue weighted by atomic mass is 10.5. The molecule has 3 aromatic rings. The smallest absolute Gasteiger partial charge is 0.291 e. The van der Waals surface area contributed by atoms with Gasteiger partial charge in [0.15, 0.2) is 10.7 Å². The number of aryl methyl sites for hydroxylation is 1. The molecule has 10 nitrogen and oxygen atoms in total. The molecular formula is C13H13N7O3S. The number of quaternary nitrogens is 1. The zero-order valence-electron chi connectivity index (χ0n) is 12.6. The first-order chi connectivity index (χ1) is 11.6. The van der Waals surface area contributed by atoms with Gasteiger partial charge in [-0.05, 0) is 11.8 Å². The summed E-state index contributed by atoms with van der Waals surface area (Å²) in [5.41, 5.74) is 1.12. The van der Waals surface area contributed by atoms with Crippen LogP contribution in [0.4, 0.5) is 5.82 Å². The molecule has 1 atom stereocenters. The summed E-state index contributed by atoms with van der Waals surface area (Å²) in [6.45, 7) is 0.400. The maximum Gasteiger partial charge on any atom is 0.291 e. The van der Waals surface area contributed by atoms with Crippen LogP contribution in [-0.2, 0) is 18.5 Å². The molecular weight excluding hydrogens is 334 g/mol. The number of ether oxygens (including phenoxy) is 1. The summed E-state index contributed by atoms with van der Waals surface area (Å²) in [6.07, 6.45) is 9.55. The Balaban J connectivity index is 1.94. The van der Waals surface area contributed by atoms with Crippen LogP contribution in [0.5, 0.6) is 0 Å². The number of nitrogens with zero attached hydrogens (tertiary/aromatic N) is 6. The molecule has 11 heteroatoms. The SMILES string of the molecule is C#CCOCn1cnc2c(Sc3c([NH+]([O-])O)ncn3C)ncnc21. The maximum absolute atomic E-state index is 11.3. The third-order valence-corrected chi connectivity index (χ3v) is 4.23. The van der Waals surface area contributed by atoms with E-state index in [9.17, 15) is 10.4 Å².